The van der Waals surface area contributed by atoms with Crippen LogP contribution in [0.3, 0.4) is 0 Å². The number of aromatic nitrogens is 1. The Morgan fingerprint density at radius 2 is 1.80 bits per heavy atom. The van der Waals surface area contributed by atoms with Crippen LogP contribution in [-0.2, 0) is 0 Å². The van der Waals surface area contributed by atoms with Gasteiger partial charge < -0.3 is 9.80 Å². The number of carbonyl (C=O) groups is 1. The summed E-state index contributed by atoms with van der Waals surface area (Å²) >= 11 is 0. The van der Waals surface area contributed by atoms with Gasteiger partial charge in [0.05, 0.1) is 0 Å². The van der Waals surface area contributed by atoms with Crippen LogP contribution >= 0.6 is 0 Å². The van der Waals surface area contributed by atoms with Crippen molar-refractivity contribution in [2.75, 3.05) is 27.2 Å². The summed E-state index contributed by atoms with van der Waals surface area (Å²) < 4.78 is 0. The molecular weight excluding hydrogens is 310 g/mol. The number of amides is 1. The number of rotatable bonds is 3. The minimum Gasteiger partial charge on any atom is -0.337 e. The maximum atomic E-state index is 12.8. The quantitative estimate of drug-likeness (QED) is 0.834. The SMILES string of the molecule is CC(C)c1ccc(C(=O)N2CCC3(CCC(N(C)C)CC3)CC2)nc1. The molecule has 1 amide bonds. The Bertz CT molecular complexity index is 576. The second kappa shape index (κ2) is 7.45. The van der Waals surface area contributed by atoms with Crippen LogP contribution in [0.2, 0.25) is 0 Å². The molecule has 2 fully saturated rings. The van der Waals surface area contributed by atoms with Gasteiger partial charge >= 0.3 is 0 Å². The van der Waals surface area contributed by atoms with Gasteiger partial charge in [-0.3, -0.25) is 9.78 Å². The average molecular weight is 344 g/mol. The number of piperidine rings is 1. The van der Waals surface area contributed by atoms with E-state index in [1.165, 1.54) is 31.2 Å². The third kappa shape index (κ3) is 4.05. The van der Waals surface area contributed by atoms with Gasteiger partial charge in [0.15, 0.2) is 0 Å². The summed E-state index contributed by atoms with van der Waals surface area (Å²) in [6.07, 6.45) is 9.41. The molecule has 0 aromatic carbocycles. The third-order valence-electron chi connectivity index (χ3n) is 6.53. The first kappa shape index (κ1) is 18.4. The van der Waals surface area contributed by atoms with Crippen LogP contribution in [0.5, 0.6) is 0 Å². The van der Waals surface area contributed by atoms with Gasteiger partial charge in [-0.25, -0.2) is 0 Å². The summed E-state index contributed by atoms with van der Waals surface area (Å²) in [5.74, 6) is 0.552. The van der Waals surface area contributed by atoms with Crippen molar-refractivity contribution < 1.29 is 4.79 Å². The van der Waals surface area contributed by atoms with Gasteiger partial charge in [-0.05, 0) is 75.6 Å². The van der Waals surface area contributed by atoms with Crippen LogP contribution < -0.4 is 0 Å². The highest BCUT2D eigenvalue weighted by Gasteiger charge is 2.39. The van der Waals surface area contributed by atoms with Gasteiger partial charge in [0, 0.05) is 25.3 Å². The highest BCUT2D eigenvalue weighted by atomic mass is 16.2. The Morgan fingerprint density at radius 3 is 2.28 bits per heavy atom. The number of nitrogens with zero attached hydrogens (tertiary/aromatic N) is 3. The van der Waals surface area contributed by atoms with Gasteiger partial charge in [0.25, 0.3) is 5.91 Å². The van der Waals surface area contributed by atoms with Gasteiger partial charge in [-0.2, -0.15) is 0 Å². The molecule has 4 heteroatoms. The first-order chi connectivity index (χ1) is 11.9. The summed E-state index contributed by atoms with van der Waals surface area (Å²) in [6, 6.07) is 4.68. The number of pyridine rings is 1. The minimum atomic E-state index is 0.104. The lowest BCUT2D eigenvalue weighted by molar-refractivity contribution is 0.0352. The standard InChI is InChI=1S/C21H33N3O/c1-16(2)17-5-6-19(22-15-17)20(25)24-13-11-21(12-14-24)9-7-18(8-10-21)23(3)4/h5-6,15-16,18H,7-14H2,1-4H3. The normalized spacial score (nSPS) is 21.3. The smallest absolute Gasteiger partial charge is 0.272 e. The zero-order valence-corrected chi connectivity index (χ0v) is 16.3. The minimum absolute atomic E-state index is 0.104. The molecule has 0 atom stereocenters. The van der Waals surface area contributed by atoms with E-state index in [9.17, 15) is 4.79 Å². The maximum absolute atomic E-state index is 12.8. The maximum Gasteiger partial charge on any atom is 0.272 e. The largest absolute Gasteiger partial charge is 0.337 e. The van der Waals surface area contributed by atoms with Crippen LogP contribution in [0.1, 0.15) is 74.3 Å². The van der Waals surface area contributed by atoms with Gasteiger partial charge in [0.1, 0.15) is 5.69 Å². The second-order valence-corrected chi connectivity index (χ2v) is 8.62. The fraction of sp³-hybridized carbons (Fsp3) is 0.714. The fourth-order valence-electron chi connectivity index (χ4n) is 4.45. The van der Waals surface area contributed by atoms with Crippen molar-refractivity contribution in [3.05, 3.63) is 29.6 Å². The Morgan fingerprint density at radius 1 is 1.16 bits per heavy atom. The Labute approximate surface area is 152 Å². The van der Waals surface area contributed by atoms with E-state index in [1.54, 1.807) is 0 Å². The van der Waals surface area contributed by atoms with Crippen LogP contribution in [0.4, 0.5) is 0 Å². The van der Waals surface area contributed by atoms with Gasteiger partial charge in [-0.15, -0.1) is 0 Å². The molecule has 1 aromatic heterocycles. The molecular formula is C21H33N3O. The molecule has 0 bridgehead atoms. The lowest BCUT2D eigenvalue weighted by Crippen LogP contribution is -2.46. The molecule has 138 valence electrons. The van der Waals surface area contributed by atoms with Crippen molar-refractivity contribution in [2.24, 2.45) is 5.41 Å². The first-order valence-corrected chi connectivity index (χ1v) is 9.82. The van der Waals surface area contributed by atoms with E-state index in [4.69, 9.17) is 0 Å². The van der Waals surface area contributed by atoms with E-state index in [0.717, 1.165) is 32.0 Å². The summed E-state index contributed by atoms with van der Waals surface area (Å²) in [6.45, 7) is 6.07. The van der Waals surface area contributed by atoms with Crippen LogP contribution in [0.25, 0.3) is 0 Å². The van der Waals surface area contributed by atoms with Crippen molar-refractivity contribution >= 4 is 5.91 Å². The van der Waals surface area contributed by atoms with Crippen molar-refractivity contribution in [2.45, 2.75) is 64.3 Å². The molecule has 2 aliphatic rings. The zero-order valence-electron chi connectivity index (χ0n) is 16.3. The van der Waals surface area contributed by atoms with E-state index in [2.05, 4.69) is 37.8 Å². The molecule has 1 saturated heterocycles. The molecule has 0 N–H and O–H groups in total. The van der Waals surface area contributed by atoms with Crippen molar-refractivity contribution in [3.8, 4) is 0 Å². The van der Waals surface area contributed by atoms with Crippen molar-refractivity contribution in [3.63, 3.8) is 0 Å². The molecule has 25 heavy (non-hydrogen) atoms. The summed E-state index contributed by atoms with van der Waals surface area (Å²) in [5, 5.41) is 0. The highest BCUT2D eigenvalue weighted by molar-refractivity contribution is 5.92. The van der Waals surface area contributed by atoms with Crippen LogP contribution in [0.15, 0.2) is 18.3 Å². The lowest BCUT2D eigenvalue weighted by Gasteiger charge is -2.47. The van der Waals surface area contributed by atoms with Gasteiger partial charge in [-0.1, -0.05) is 19.9 Å². The van der Waals surface area contributed by atoms with E-state index in [-0.39, 0.29) is 5.91 Å². The molecule has 1 aliphatic carbocycles. The lowest BCUT2D eigenvalue weighted by atomic mass is 9.67. The highest BCUT2D eigenvalue weighted by Crippen LogP contribution is 2.45. The average Bonchev–Trinajstić information content (AvgIpc) is 2.62. The molecule has 1 aromatic rings. The Balaban J connectivity index is 1.56. The molecule has 3 rings (SSSR count). The van der Waals surface area contributed by atoms with E-state index in [0.29, 0.717) is 17.0 Å². The van der Waals surface area contributed by atoms with Gasteiger partial charge in [0.2, 0.25) is 0 Å². The molecule has 4 nitrogen and oxygen atoms in total. The van der Waals surface area contributed by atoms with E-state index < -0.39 is 0 Å². The monoisotopic (exact) mass is 343 g/mol. The number of likely N-dealkylation sites (tertiary alicyclic amines) is 1. The summed E-state index contributed by atoms with van der Waals surface area (Å²) in [4.78, 5) is 21.5. The zero-order chi connectivity index (χ0) is 18.0. The summed E-state index contributed by atoms with van der Waals surface area (Å²) in [5.41, 5.74) is 2.27. The molecule has 1 spiro atoms. The van der Waals surface area contributed by atoms with E-state index in [1.807, 2.05) is 23.2 Å². The second-order valence-electron chi connectivity index (χ2n) is 8.62. The molecule has 0 radical (unpaired) electrons. The third-order valence-corrected chi connectivity index (χ3v) is 6.53. The van der Waals surface area contributed by atoms with Crippen LogP contribution in [-0.4, -0.2) is 53.9 Å². The predicted molar refractivity (Wildman–Crippen MR) is 102 cm³/mol. The predicted octanol–water partition coefficient (Wildman–Crippen LogP) is 3.93. The topological polar surface area (TPSA) is 36.4 Å². The number of hydrogen-bond acceptors (Lipinski definition) is 3. The molecule has 2 heterocycles. The fourth-order valence-corrected chi connectivity index (χ4v) is 4.45. The molecule has 1 saturated carbocycles. The number of hydrogen-bond donors (Lipinski definition) is 0. The number of carbonyl (C=O) groups excluding carboxylic acids is 1. The van der Waals surface area contributed by atoms with E-state index >= 15 is 0 Å². The molecule has 0 unspecified atom stereocenters. The Hall–Kier alpha value is -1.42. The molecule has 1 aliphatic heterocycles. The summed E-state index contributed by atoms with van der Waals surface area (Å²) in [7, 11) is 4.39. The van der Waals surface area contributed by atoms with Crippen molar-refractivity contribution in [1.82, 2.24) is 14.8 Å². The first-order valence-electron chi connectivity index (χ1n) is 9.82. The Kier molecular flexibility index (Phi) is 5.47. The van der Waals surface area contributed by atoms with Crippen LogP contribution in [0, 0.1) is 5.41 Å². The van der Waals surface area contributed by atoms with Crippen molar-refractivity contribution in [1.29, 1.82) is 0 Å².